The molecule has 2 amide bonds. The average Bonchev–Trinajstić information content (AvgIpc) is 3.19. The highest BCUT2D eigenvalue weighted by Crippen LogP contribution is 2.35. The van der Waals surface area contributed by atoms with E-state index in [9.17, 15) is 9.59 Å². The zero-order chi connectivity index (χ0) is 18.8. The summed E-state index contributed by atoms with van der Waals surface area (Å²) in [6.45, 7) is 2.87. The van der Waals surface area contributed by atoms with Crippen LogP contribution < -0.4 is 9.64 Å². The van der Waals surface area contributed by atoms with Crippen LogP contribution in [0.25, 0.3) is 0 Å². The van der Waals surface area contributed by atoms with Crippen molar-refractivity contribution in [1.29, 1.82) is 0 Å². The smallest absolute Gasteiger partial charge is 0.267 e. The van der Waals surface area contributed by atoms with Gasteiger partial charge in [-0.3, -0.25) is 14.6 Å². The topological polar surface area (TPSA) is 62.7 Å². The van der Waals surface area contributed by atoms with Gasteiger partial charge in [-0.1, -0.05) is 12.1 Å². The predicted molar refractivity (Wildman–Crippen MR) is 101 cm³/mol. The van der Waals surface area contributed by atoms with Crippen LogP contribution in [0.2, 0.25) is 0 Å². The molecule has 0 unspecified atom stereocenters. The van der Waals surface area contributed by atoms with Gasteiger partial charge in [0.05, 0.1) is 11.7 Å². The quantitative estimate of drug-likeness (QED) is 0.836. The lowest BCUT2D eigenvalue weighted by molar-refractivity contribution is -0.132. The normalized spacial score (nSPS) is 21.7. The molecular weight excluding hydrogens is 342 g/mol. The molecule has 6 heteroatoms. The molecule has 4 rings (SSSR count). The molecule has 2 aliphatic rings. The van der Waals surface area contributed by atoms with Crippen LogP contribution in [0.15, 0.2) is 48.8 Å². The number of likely N-dealkylation sites (tertiary alicyclic amines) is 1. The highest BCUT2D eigenvalue weighted by Gasteiger charge is 2.33. The van der Waals surface area contributed by atoms with E-state index >= 15 is 0 Å². The molecule has 3 heterocycles. The Labute approximate surface area is 158 Å². The van der Waals surface area contributed by atoms with E-state index < -0.39 is 6.10 Å². The Morgan fingerprint density at radius 2 is 2.00 bits per heavy atom. The van der Waals surface area contributed by atoms with Crippen molar-refractivity contribution in [3.63, 3.8) is 0 Å². The lowest BCUT2D eigenvalue weighted by Gasteiger charge is -2.33. The number of ether oxygens (including phenoxy) is 1. The molecule has 2 atom stereocenters. The maximum Gasteiger partial charge on any atom is 0.267 e. The molecule has 2 aliphatic heterocycles. The maximum absolute atomic E-state index is 12.9. The molecule has 0 radical (unpaired) electrons. The number of amides is 2. The van der Waals surface area contributed by atoms with E-state index in [4.69, 9.17) is 4.74 Å². The average molecular weight is 365 g/mol. The number of hydrogen-bond acceptors (Lipinski definition) is 4. The zero-order valence-electron chi connectivity index (χ0n) is 15.4. The largest absolute Gasteiger partial charge is 0.479 e. The summed E-state index contributed by atoms with van der Waals surface area (Å²) in [7, 11) is 0. The number of nitrogens with zero attached hydrogens (tertiary/aromatic N) is 3. The van der Waals surface area contributed by atoms with E-state index in [1.54, 1.807) is 24.2 Å². The molecule has 27 heavy (non-hydrogen) atoms. The van der Waals surface area contributed by atoms with E-state index in [1.165, 1.54) is 0 Å². The van der Waals surface area contributed by atoms with Crippen molar-refractivity contribution in [3.05, 3.63) is 54.4 Å². The van der Waals surface area contributed by atoms with Crippen molar-refractivity contribution < 1.29 is 14.3 Å². The summed E-state index contributed by atoms with van der Waals surface area (Å²) in [5.41, 5.74) is 1.86. The highest BCUT2D eigenvalue weighted by atomic mass is 16.5. The summed E-state index contributed by atoms with van der Waals surface area (Å²) in [6, 6.07) is 11.5. The van der Waals surface area contributed by atoms with E-state index in [0.717, 1.165) is 30.6 Å². The van der Waals surface area contributed by atoms with Gasteiger partial charge in [-0.05, 0) is 49.6 Å². The number of anilines is 1. The molecule has 6 nitrogen and oxygen atoms in total. The van der Waals surface area contributed by atoms with E-state index in [-0.39, 0.29) is 17.9 Å². The van der Waals surface area contributed by atoms with Gasteiger partial charge >= 0.3 is 0 Å². The third kappa shape index (κ3) is 3.39. The first-order valence-corrected chi connectivity index (χ1v) is 9.41. The van der Waals surface area contributed by atoms with Gasteiger partial charge in [0.15, 0.2) is 6.10 Å². The van der Waals surface area contributed by atoms with E-state index in [0.29, 0.717) is 18.7 Å². The summed E-state index contributed by atoms with van der Waals surface area (Å²) in [5, 5.41) is 0. The van der Waals surface area contributed by atoms with Crippen LogP contribution in [0.5, 0.6) is 5.75 Å². The lowest BCUT2D eigenvalue weighted by atomic mass is 10.1. The Hall–Kier alpha value is -2.89. The fraction of sp³-hybridized carbons (Fsp3) is 0.381. The van der Waals surface area contributed by atoms with Crippen molar-refractivity contribution >= 4 is 17.5 Å². The molecule has 0 bridgehead atoms. The molecule has 1 aromatic heterocycles. The SMILES string of the molecule is C[C@@H]1Oc2ccccc2N(CCC(=O)N2CCC[C@@H]2c2ccncc2)C1=O. The van der Waals surface area contributed by atoms with Crippen LogP contribution >= 0.6 is 0 Å². The molecule has 0 aliphatic carbocycles. The van der Waals surface area contributed by atoms with Gasteiger partial charge in [0.25, 0.3) is 5.91 Å². The fourth-order valence-corrected chi connectivity index (χ4v) is 3.94. The zero-order valence-corrected chi connectivity index (χ0v) is 15.4. The molecule has 1 fully saturated rings. The van der Waals surface area contributed by atoms with Gasteiger partial charge in [-0.15, -0.1) is 0 Å². The minimum Gasteiger partial charge on any atom is -0.479 e. The molecule has 2 aromatic rings. The molecular formula is C21H23N3O3. The lowest BCUT2D eigenvalue weighted by Crippen LogP contribution is -2.46. The number of carbonyl (C=O) groups is 2. The molecule has 0 N–H and O–H groups in total. The first kappa shape index (κ1) is 17.5. The summed E-state index contributed by atoms with van der Waals surface area (Å²) >= 11 is 0. The number of aromatic nitrogens is 1. The highest BCUT2D eigenvalue weighted by molar-refractivity contribution is 6.00. The summed E-state index contributed by atoms with van der Waals surface area (Å²) < 4.78 is 5.66. The van der Waals surface area contributed by atoms with Crippen LogP contribution in [0, 0.1) is 0 Å². The monoisotopic (exact) mass is 365 g/mol. The van der Waals surface area contributed by atoms with Gasteiger partial charge in [0.1, 0.15) is 5.75 Å². The van der Waals surface area contributed by atoms with E-state index in [2.05, 4.69) is 4.98 Å². The van der Waals surface area contributed by atoms with Crippen LogP contribution in [0.1, 0.15) is 37.8 Å². The summed E-state index contributed by atoms with van der Waals surface area (Å²) in [6.07, 6.45) is 5.25. The number of hydrogen-bond donors (Lipinski definition) is 0. The van der Waals surface area contributed by atoms with Crippen molar-refractivity contribution in [3.8, 4) is 5.75 Å². The van der Waals surface area contributed by atoms with Crippen LogP contribution in [-0.4, -0.2) is 40.9 Å². The Balaban J connectivity index is 1.47. The summed E-state index contributed by atoms with van der Waals surface area (Å²) in [5.74, 6) is 0.667. The molecule has 0 spiro atoms. The first-order chi connectivity index (χ1) is 13.1. The molecule has 140 valence electrons. The number of pyridine rings is 1. The standard InChI is InChI=1S/C21H23N3O3/c1-15-21(26)24(18-5-2-3-7-19(18)27-15)14-10-20(25)23-13-4-6-17(23)16-8-11-22-12-9-16/h2-3,5,7-9,11-12,15,17H,4,6,10,13-14H2,1H3/t15-,17+/m0/s1. The second kappa shape index (κ2) is 7.39. The maximum atomic E-state index is 12.9. The second-order valence-corrected chi connectivity index (χ2v) is 6.99. The minimum absolute atomic E-state index is 0.0822. The van der Waals surface area contributed by atoms with Crippen molar-refractivity contribution in [2.24, 2.45) is 0 Å². The Morgan fingerprint density at radius 3 is 2.81 bits per heavy atom. The fourth-order valence-electron chi connectivity index (χ4n) is 3.94. The van der Waals surface area contributed by atoms with Crippen LogP contribution in [0.4, 0.5) is 5.69 Å². The number of rotatable bonds is 4. The molecule has 0 saturated carbocycles. The van der Waals surface area contributed by atoms with Crippen molar-refractivity contribution in [2.45, 2.75) is 38.3 Å². The second-order valence-electron chi connectivity index (χ2n) is 6.99. The molecule has 1 aromatic carbocycles. The summed E-state index contributed by atoms with van der Waals surface area (Å²) in [4.78, 5) is 33.2. The Morgan fingerprint density at radius 1 is 1.22 bits per heavy atom. The number of carbonyl (C=O) groups excluding carboxylic acids is 2. The number of benzene rings is 1. The van der Waals surface area contributed by atoms with Crippen LogP contribution in [0.3, 0.4) is 0 Å². The number of fused-ring (bicyclic) bond motifs is 1. The van der Waals surface area contributed by atoms with Gasteiger partial charge in [0.2, 0.25) is 5.91 Å². The van der Waals surface area contributed by atoms with Crippen LogP contribution in [-0.2, 0) is 9.59 Å². The first-order valence-electron chi connectivity index (χ1n) is 9.41. The Kier molecular flexibility index (Phi) is 4.79. The molecule has 1 saturated heterocycles. The third-order valence-electron chi connectivity index (χ3n) is 5.29. The van der Waals surface area contributed by atoms with E-state index in [1.807, 2.05) is 41.3 Å². The van der Waals surface area contributed by atoms with Gasteiger partial charge in [-0.2, -0.15) is 0 Å². The van der Waals surface area contributed by atoms with Crippen molar-refractivity contribution in [2.75, 3.05) is 18.0 Å². The van der Waals surface area contributed by atoms with Gasteiger partial charge in [-0.25, -0.2) is 0 Å². The number of para-hydroxylation sites is 2. The van der Waals surface area contributed by atoms with Crippen molar-refractivity contribution in [1.82, 2.24) is 9.88 Å². The van der Waals surface area contributed by atoms with Gasteiger partial charge < -0.3 is 14.5 Å². The minimum atomic E-state index is -0.536. The predicted octanol–water partition coefficient (Wildman–Crippen LogP) is 2.95. The van der Waals surface area contributed by atoms with Gasteiger partial charge in [0, 0.05) is 31.9 Å². The third-order valence-corrected chi connectivity index (χ3v) is 5.29. The Bertz CT molecular complexity index is 840.